The number of aliphatic hydroxyl groups excluding tert-OH is 1. The Hall–Kier alpha value is -2.11. The van der Waals surface area contributed by atoms with Crippen molar-refractivity contribution in [2.45, 2.75) is 19.6 Å². The van der Waals surface area contributed by atoms with Crippen molar-refractivity contribution in [3.05, 3.63) is 54.0 Å². The Morgan fingerprint density at radius 1 is 1.29 bits per heavy atom. The second-order valence-corrected chi connectivity index (χ2v) is 4.64. The molecule has 21 heavy (non-hydrogen) atoms. The Morgan fingerprint density at radius 3 is 2.86 bits per heavy atom. The maximum Gasteiger partial charge on any atom is 0.159 e. The van der Waals surface area contributed by atoms with Gasteiger partial charge in [0.05, 0.1) is 12.9 Å². The van der Waals surface area contributed by atoms with Crippen molar-refractivity contribution < 1.29 is 23.8 Å². The molecule has 1 unspecified atom stereocenters. The highest BCUT2D eigenvalue weighted by molar-refractivity contribution is 5.94. The van der Waals surface area contributed by atoms with E-state index in [1.54, 1.807) is 42.7 Å². The highest BCUT2D eigenvalue weighted by Gasteiger charge is 2.07. The summed E-state index contributed by atoms with van der Waals surface area (Å²) in [6.45, 7) is 2.05. The lowest BCUT2D eigenvalue weighted by Gasteiger charge is -2.12. The summed E-state index contributed by atoms with van der Waals surface area (Å²) in [5.41, 5.74) is 0.580. The minimum atomic E-state index is -0.749. The SMILES string of the molecule is CC(=O)c1cccc(OCC(O)COCc2ccco2)c1. The van der Waals surface area contributed by atoms with Gasteiger partial charge in [-0.2, -0.15) is 0 Å². The van der Waals surface area contributed by atoms with Crippen LogP contribution in [0.4, 0.5) is 0 Å². The first-order chi connectivity index (χ1) is 10.1. The van der Waals surface area contributed by atoms with Gasteiger partial charge in [0.1, 0.15) is 30.8 Å². The number of benzene rings is 1. The Bertz CT molecular complexity index is 562. The number of rotatable bonds is 8. The minimum Gasteiger partial charge on any atom is -0.491 e. The molecule has 1 heterocycles. The minimum absolute atomic E-state index is 0.0252. The number of aliphatic hydroxyl groups is 1. The van der Waals surface area contributed by atoms with Crippen molar-refractivity contribution in [1.82, 2.24) is 0 Å². The van der Waals surface area contributed by atoms with Crippen LogP contribution in [0.2, 0.25) is 0 Å². The summed E-state index contributed by atoms with van der Waals surface area (Å²) in [5, 5.41) is 9.77. The molecule has 0 bridgehead atoms. The summed E-state index contributed by atoms with van der Waals surface area (Å²) in [4.78, 5) is 11.3. The molecule has 112 valence electrons. The third kappa shape index (κ3) is 5.06. The van der Waals surface area contributed by atoms with Crippen molar-refractivity contribution in [1.29, 1.82) is 0 Å². The first-order valence-electron chi connectivity index (χ1n) is 6.67. The molecular weight excluding hydrogens is 272 g/mol. The van der Waals surface area contributed by atoms with Gasteiger partial charge in [-0.3, -0.25) is 4.79 Å². The van der Waals surface area contributed by atoms with E-state index in [2.05, 4.69) is 0 Å². The fraction of sp³-hybridized carbons (Fsp3) is 0.312. The number of Topliss-reactive ketones (excluding diaryl/α,β-unsaturated/α-hetero) is 1. The van der Waals surface area contributed by atoms with Gasteiger partial charge in [0, 0.05) is 5.56 Å². The molecule has 0 radical (unpaired) electrons. The lowest BCUT2D eigenvalue weighted by molar-refractivity contribution is 0.000873. The largest absolute Gasteiger partial charge is 0.491 e. The van der Waals surface area contributed by atoms with Gasteiger partial charge < -0.3 is 19.0 Å². The molecule has 5 heteroatoms. The maximum absolute atomic E-state index is 11.3. The Labute approximate surface area is 123 Å². The first kappa shape index (κ1) is 15.3. The standard InChI is InChI=1S/C16H18O5/c1-12(17)13-4-2-5-15(8-13)21-10-14(18)9-19-11-16-6-3-7-20-16/h2-8,14,18H,9-11H2,1H3. The fourth-order valence-electron chi connectivity index (χ4n) is 1.74. The molecule has 0 amide bonds. The molecule has 0 aliphatic heterocycles. The zero-order chi connectivity index (χ0) is 15.1. The summed E-state index contributed by atoms with van der Waals surface area (Å²) in [7, 11) is 0. The average Bonchev–Trinajstić information content (AvgIpc) is 2.99. The monoisotopic (exact) mass is 290 g/mol. The van der Waals surface area contributed by atoms with E-state index < -0.39 is 6.10 Å². The lowest BCUT2D eigenvalue weighted by Crippen LogP contribution is -2.23. The van der Waals surface area contributed by atoms with Crippen molar-refractivity contribution in [2.75, 3.05) is 13.2 Å². The fourth-order valence-corrected chi connectivity index (χ4v) is 1.74. The van der Waals surface area contributed by atoms with Gasteiger partial charge in [-0.25, -0.2) is 0 Å². The first-order valence-corrected chi connectivity index (χ1v) is 6.67. The normalized spacial score (nSPS) is 12.1. The quantitative estimate of drug-likeness (QED) is 0.756. The zero-order valence-electron chi connectivity index (χ0n) is 11.8. The lowest BCUT2D eigenvalue weighted by atomic mass is 10.1. The molecule has 0 fully saturated rings. The molecule has 2 aromatic rings. The Balaban J connectivity index is 1.72. The summed E-state index contributed by atoms with van der Waals surface area (Å²) >= 11 is 0. The smallest absolute Gasteiger partial charge is 0.159 e. The van der Waals surface area contributed by atoms with E-state index in [-0.39, 0.29) is 19.0 Å². The van der Waals surface area contributed by atoms with Gasteiger partial charge in [-0.05, 0) is 31.2 Å². The molecule has 0 saturated heterocycles. The van der Waals surface area contributed by atoms with Crippen LogP contribution in [0.3, 0.4) is 0 Å². The number of hydrogen-bond donors (Lipinski definition) is 1. The highest BCUT2D eigenvalue weighted by atomic mass is 16.5. The van der Waals surface area contributed by atoms with Crippen LogP contribution in [0.25, 0.3) is 0 Å². The summed E-state index contributed by atoms with van der Waals surface area (Å²) in [6, 6.07) is 10.4. The summed E-state index contributed by atoms with van der Waals surface area (Å²) < 4.78 is 15.9. The van der Waals surface area contributed by atoms with Gasteiger partial charge in [0.2, 0.25) is 0 Å². The molecule has 0 spiro atoms. The number of furan rings is 1. The predicted octanol–water partition coefficient (Wildman–Crippen LogP) is 2.44. The molecule has 5 nitrogen and oxygen atoms in total. The second kappa shape index (κ2) is 7.61. The molecular formula is C16H18O5. The third-order valence-corrected chi connectivity index (χ3v) is 2.82. The van der Waals surface area contributed by atoms with Gasteiger partial charge >= 0.3 is 0 Å². The van der Waals surface area contributed by atoms with Crippen molar-refractivity contribution in [2.24, 2.45) is 0 Å². The van der Waals surface area contributed by atoms with E-state index >= 15 is 0 Å². The van der Waals surface area contributed by atoms with Gasteiger partial charge in [0.15, 0.2) is 5.78 Å². The van der Waals surface area contributed by atoms with Crippen LogP contribution in [0, 0.1) is 0 Å². The van der Waals surface area contributed by atoms with Crippen molar-refractivity contribution in [3.63, 3.8) is 0 Å². The van der Waals surface area contributed by atoms with E-state index in [0.717, 1.165) is 0 Å². The molecule has 1 aromatic heterocycles. The molecule has 1 aromatic carbocycles. The molecule has 0 saturated carbocycles. The predicted molar refractivity (Wildman–Crippen MR) is 76.3 cm³/mol. The van der Waals surface area contributed by atoms with Crippen LogP contribution in [0.5, 0.6) is 5.75 Å². The van der Waals surface area contributed by atoms with Crippen molar-refractivity contribution in [3.8, 4) is 5.75 Å². The topological polar surface area (TPSA) is 68.9 Å². The number of carbonyl (C=O) groups is 1. The van der Waals surface area contributed by atoms with Crippen LogP contribution in [0.1, 0.15) is 23.0 Å². The van der Waals surface area contributed by atoms with E-state index in [4.69, 9.17) is 13.9 Å². The number of hydrogen-bond acceptors (Lipinski definition) is 5. The molecule has 0 aliphatic carbocycles. The molecule has 0 aliphatic rings. The molecule has 2 rings (SSSR count). The third-order valence-electron chi connectivity index (χ3n) is 2.82. The average molecular weight is 290 g/mol. The number of carbonyl (C=O) groups excluding carboxylic acids is 1. The molecule has 1 N–H and O–H groups in total. The van der Waals surface area contributed by atoms with Gasteiger partial charge in [-0.1, -0.05) is 12.1 Å². The van der Waals surface area contributed by atoms with Crippen LogP contribution < -0.4 is 4.74 Å². The van der Waals surface area contributed by atoms with Gasteiger partial charge in [0.25, 0.3) is 0 Å². The second-order valence-electron chi connectivity index (χ2n) is 4.64. The Kier molecular flexibility index (Phi) is 5.54. The summed E-state index contributed by atoms with van der Waals surface area (Å²) in [6.07, 6.45) is 0.821. The summed E-state index contributed by atoms with van der Waals surface area (Å²) in [5.74, 6) is 1.23. The van der Waals surface area contributed by atoms with Crippen LogP contribution in [0.15, 0.2) is 47.1 Å². The van der Waals surface area contributed by atoms with E-state index in [0.29, 0.717) is 23.7 Å². The van der Waals surface area contributed by atoms with Crippen molar-refractivity contribution >= 4 is 5.78 Å². The van der Waals surface area contributed by atoms with Crippen LogP contribution >= 0.6 is 0 Å². The highest BCUT2D eigenvalue weighted by Crippen LogP contribution is 2.14. The van der Waals surface area contributed by atoms with E-state index in [9.17, 15) is 9.90 Å². The Morgan fingerprint density at radius 2 is 2.14 bits per heavy atom. The van der Waals surface area contributed by atoms with Crippen LogP contribution in [-0.2, 0) is 11.3 Å². The van der Waals surface area contributed by atoms with E-state index in [1.807, 2.05) is 0 Å². The number of ketones is 1. The van der Waals surface area contributed by atoms with Gasteiger partial charge in [-0.15, -0.1) is 0 Å². The van der Waals surface area contributed by atoms with E-state index in [1.165, 1.54) is 6.92 Å². The van der Waals surface area contributed by atoms with Crippen LogP contribution in [-0.4, -0.2) is 30.2 Å². The number of ether oxygens (including phenoxy) is 2. The molecule has 1 atom stereocenters. The maximum atomic E-state index is 11.3. The zero-order valence-corrected chi connectivity index (χ0v) is 11.8.